The van der Waals surface area contributed by atoms with E-state index in [4.69, 9.17) is 0 Å². The fourth-order valence-electron chi connectivity index (χ4n) is 1.94. The Bertz CT molecular complexity index is 746. The Kier molecular flexibility index (Phi) is 5.47. The molecule has 0 radical (unpaired) electrons. The lowest BCUT2D eigenvalue weighted by atomic mass is 10.2. The summed E-state index contributed by atoms with van der Waals surface area (Å²) in [6.45, 7) is 3.68. The maximum absolute atomic E-state index is 13.6. The summed E-state index contributed by atoms with van der Waals surface area (Å²) in [5.74, 6) is -2.37. The summed E-state index contributed by atoms with van der Waals surface area (Å²) in [7, 11) is 0. The predicted octanol–water partition coefficient (Wildman–Crippen LogP) is 3.75. The average Bonchev–Trinajstić information content (AvgIpc) is 2.48. The number of rotatable bonds is 4. The van der Waals surface area contributed by atoms with Crippen molar-refractivity contribution < 1.29 is 18.4 Å². The fourth-order valence-corrected chi connectivity index (χ4v) is 1.94. The number of carbonyl (C=O) groups is 2. The molecule has 2 aromatic rings. The SMILES string of the molecule is CC(C)NC(=O)Nc1ccc(NC(=O)c2ccc(F)cc2F)cc1. The third-order valence-electron chi connectivity index (χ3n) is 3.00. The number of urea groups is 1. The molecule has 0 saturated heterocycles. The summed E-state index contributed by atoms with van der Waals surface area (Å²) in [5, 5.41) is 7.82. The van der Waals surface area contributed by atoms with Gasteiger partial charge in [-0.15, -0.1) is 0 Å². The van der Waals surface area contributed by atoms with Crippen LogP contribution < -0.4 is 16.0 Å². The van der Waals surface area contributed by atoms with E-state index in [0.717, 1.165) is 12.1 Å². The van der Waals surface area contributed by atoms with Gasteiger partial charge in [-0.1, -0.05) is 0 Å². The molecule has 0 aromatic heterocycles. The van der Waals surface area contributed by atoms with Crippen molar-refractivity contribution in [2.75, 3.05) is 10.6 Å². The van der Waals surface area contributed by atoms with Crippen molar-refractivity contribution in [1.82, 2.24) is 5.32 Å². The third-order valence-corrected chi connectivity index (χ3v) is 3.00. The molecule has 0 unspecified atom stereocenters. The van der Waals surface area contributed by atoms with Crippen LogP contribution >= 0.6 is 0 Å². The first-order valence-electron chi connectivity index (χ1n) is 7.29. The van der Waals surface area contributed by atoms with Crippen LogP contribution in [0.15, 0.2) is 42.5 Å². The predicted molar refractivity (Wildman–Crippen MR) is 88.0 cm³/mol. The number of benzene rings is 2. The molecule has 0 aliphatic rings. The second-order valence-electron chi connectivity index (χ2n) is 5.41. The normalized spacial score (nSPS) is 10.4. The van der Waals surface area contributed by atoms with Gasteiger partial charge >= 0.3 is 6.03 Å². The summed E-state index contributed by atoms with van der Waals surface area (Å²) < 4.78 is 26.4. The minimum atomic E-state index is -0.934. The van der Waals surface area contributed by atoms with Gasteiger partial charge in [0.2, 0.25) is 0 Å². The van der Waals surface area contributed by atoms with E-state index >= 15 is 0 Å². The quantitative estimate of drug-likeness (QED) is 0.797. The van der Waals surface area contributed by atoms with Gasteiger partial charge < -0.3 is 16.0 Å². The van der Waals surface area contributed by atoms with Crippen molar-refractivity contribution >= 4 is 23.3 Å². The average molecular weight is 333 g/mol. The van der Waals surface area contributed by atoms with Gasteiger partial charge in [0.05, 0.1) is 5.56 Å². The van der Waals surface area contributed by atoms with E-state index in [9.17, 15) is 18.4 Å². The Balaban J connectivity index is 2.01. The summed E-state index contributed by atoms with van der Waals surface area (Å²) in [6.07, 6.45) is 0. The standard InChI is InChI=1S/C17H17F2N3O2/c1-10(2)20-17(24)22-13-6-4-12(5-7-13)21-16(23)14-8-3-11(18)9-15(14)19/h3-10H,1-2H3,(H,21,23)(H2,20,22,24). The lowest BCUT2D eigenvalue weighted by Gasteiger charge is -2.11. The molecule has 0 saturated carbocycles. The lowest BCUT2D eigenvalue weighted by Crippen LogP contribution is -2.34. The van der Waals surface area contributed by atoms with E-state index in [-0.39, 0.29) is 17.6 Å². The minimum Gasteiger partial charge on any atom is -0.336 e. The maximum Gasteiger partial charge on any atom is 0.319 e. The molecule has 24 heavy (non-hydrogen) atoms. The molecular weight excluding hydrogens is 316 g/mol. The van der Waals surface area contributed by atoms with Gasteiger partial charge in [0.15, 0.2) is 0 Å². The number of amides is 3. The Morgan fingerprint density at radius 1 is 0.917 bits per heavy atom. The molecule has 3 amide bonds. The van der Waals surface area contributed by atoms with E-state index in [1.807, 2.05) is 13.8 Å². The van der Waals surface area contributed by atoms with Crippen LogP contribution in [-0.2, 0) is 0 Å². The largest absolute Gasteiger partial charge is 0.336 e. The molecule has 0 fully saturated rings. The van der Waals surface area contributed by atoms with Crippen molar-refractivity contribution in [3.05, 3.63) is 59.7 Å². The van der Waals surface area contributed by atoms with Gasteiger partial charge in [-0.3, -0.25) is 4.79 Å². The van der Waals surface area contributed by atoms with Crippen LogP contribution in [0.2, 0.25) is 0 Å². The van der Waals surface area contributed by atoms with Crippen molar-refractivity contribution in [2.24, 2.45) is 0 Å². The van der Waals surface area contributed by atoms with Gasteiger partial charge in [0.25, 0.3) is 5.91 Å². The number of halogens is 2. The van der Waals surface area contributed by atoms with Gasteiger partial charge in [0, 0.05) is 23.5 Å². The molecule has 0 bridgehead atoms. The number of hydrogen-bond acceptors (Lipinski definition) is 2. The molecular formula is C17H17F2N3O2. The highest BCUT2D eigenvalue weighted by Gasteiger charge is 2.12. The van der Waals surface area contributed by atoms with Crippen LogP contribution in [0.4, 0.5) is 25.0 Å². The Morgan fingerprint density at radius 2 is 1.50 bits per heavy atom. The molecule has 7 heteroatoms. The number of carbonyl (C=O) groups excluding carboxylic acids is 2. The Hall–Kier alpha value is -2.96. The topological polar surface area (TPSA) is 70.2 Å². The van der Waals surface area contributed by atoms with Crippen molar-refractivity contribution in [1.29, 1.82) is 0 Å². The zero-order chi connectivity index (χ0) is 17.7. The van der Waals surface area contributed by atoms with E-state index in [1.54, 1.807) is 24.3 Å². The minimum absolute atomic E-state index is 0.00849. The highest BCUT2D eigenvalue weighted by Crippen LogP contribution is 2.16. The highest BCUT2D eigenvalue weighted by atomic mass is 19.1. The van der Waals surface area contributed by atoms with Crippen molar-refractivity contribution in [2.45, 2.75) is 19.9 Å². The smallest absolute Gasteiger partial charge is 0.319 e. The summed E-state index contributed by atoms with van der Waals surface area (Å²) in [5.41, 5.74) is 0.701. The molecule has 2 aromatic carbocycles. The van der Waals surface area contributed by atoms with E-state index < -0.39 is 17.5 Å². The van der Waals surface area contributed by atoms with Crippen LogP contribution in [-0.4, -0.2) is 18.0 Å². The second kappa shape index (κ2) is 7.54. The molecule has 0 aliphatic heterocycles. The van der Waals surface area contributed by atoms with E-state index in [2.05, 4.69) is 16.0 Å². The number of hydrogen-bond donors (Lipinski definition) is 3. The van der Waals surface area contributed by atoms with Gasteiger partial charge in [0.1, 0.15) is 11.6 Å². The van der Waals surface area contributed by atoms with Crippen LogP contribution in [0.1, 0.15) is 24.2 Å². The second-order valence-corrected chi connectivity index (χ2v) is 5.41. The Labute approximate surface area is 138 Å². The zero-order valence-corrected chi connectivity index (χ0v) is 13.2. The zero-order valence-electron chi connectivity index (χ0n) is 13.2. The molecule has 126 valence electrons. The van der Waals surface area contributed by atoms with Crippen molar-refractivity contribution in [3.8, 4) is 0 Å². The van der Waals surface area contributed by atoms with Crippen LogP contribution in [0.5, 0.6) is 0 Å². The summed E-state index contributed by atoms with van der Waals surface area (Å²) in [4.78, 5) is 23.5. The van der Waals surface area contributed by atoms with Crippen LogP contribution in [0.25, 0.3) is 0 Å². The summed E-state index contributed by atoms with van der Waals surface area (Å²) >= 11 is 0. The Morgan fingerprint density at radius 3 is 2.04 bits per heavy atom. The van der Waals surface area contributed by atoms with Gasteiger partial charge in [-0.05, 0) is 50.2 Å². The first-order chi connectivity index (χ1) is 11.3. The van der Waals surface area contributed by atoms with Crippen LogP contribution in [0.3, 0.4) is 0 Å². The molecule has 0 heterocycles. The third kappa shape index (κ3) is 4.77. The lowest BCUT2D eigenvalue weighted by molar-refractivity contribution is 0.102. The maximum atomic E-state index is 13.6. The number of nitrogens with one attached hydrogen (secondary N) is 3. The van der Waals surface area contributed by atoms with E-state index in [1.165, 1.54) is 0 Å². The van der Waals surface area contributed by atoms with Crippen molar-refractivity contribution in [3.63, 3.8) is 0 Å². The van der Waals surface area contributed by atoms with E-state index in [0.29, 0.717) is 17.4 Å². The number of anilines is 2. The van der Waals surface area contributed by atoms with Gasteiger partial charge in [-0.25, -0.2) is 13.6 Å². The first kappa shape index (κ1) is 17.4. The molecule has 3 N–H and O–H groups in total. The summed E-state index contributed by atoms with van der Waals surface area (Å²) in [6, 6.07) is 8.71. The molecule has 0 aliphatic carbocycles. The van der Waals surface area contributed by atoms with Gasteiger partial charge in [-0.2, -0.15) is 0 Å². The molecule has 5 nitrogen and oxygen atoms in total. The molecule has 0 spiro atoms. The van der Waals surface area contributed by atoms with Crippen LogP contribution in [0, 0.1) is 11.6 Å². The highest BCUT2D eigenvalue weighted by molar-refractivity contribution is 6.04. The fraction of sp³-hybridized carbons (Fsp3) is 0.176. The molecule has 0 atom stereocenters. The molecule has 2 rings (SSSR count). The monoisotopic (exact) mass is 333 g/mol. The first-order valence-corrected chi connectivity index (χ1v) is 7.29.